The summed E-state index contributed by atoms with van der Waals surface area (Å²) >= 11 is 5.23. The fourth-order valence-electron chi connectivity index (χ4n) is 0.839. The van der Waals surface area contributed by atoms with Crippen LogP contribution in [0.1, 0.15) is 5.56 Å². The van der Waals surface area contributed by atoms with E-state index in [4.69, 9.17) is 11.6 Å². The molecule has 0 aromatic heterocycles. The number of nitro groups is 1. The van der Waals surface area contributed by atoms with E-state index >= 15 is 0 Å². The minimum atomic E-state index is -2.01. The van der Waals surface area contributed by atoms with E-state index in [1.165, 1.54) is 12.1 Å². The Hall–Kier alpha value is -1.49. The van der Waals surface area contributed by atoms with Crippen molar-refractivity contribution in [2.45, 2.75) is 0 Å². The molecular weight excluding hydrogens is 216 g/mol. The van der Waals surface area contributed by atoms with Gasteiger partial charge >= 0.3 is 0 Å². The van der Waals surface area contributed by atoms with E-state index in [1.807, 2.05) is 0 Å². The van der Waals surface area contributed by atoms with Crippen LogP contribution in [0.4, 0.5) is 14.5 Å². The molecule has 14 heavy (non-hydrogen) atoms. The van der Waals surface area contributed by atoms with Crippen LogP contribution in [-0.2, 0) is 0 Å². The molecule has 1 aromatic carbocycles. The Bertz CT molecular complexity index is 385. The number of hydrogen-bond acceptors (Lipinski definition) is 2. The standard InChI is InChI=1S/C8H4ClF2NO2/c9-7(8(10)11)5-1-3-6(4-2-5)12(13)14/h1-4H. The highest BCUT2D eigenvalue weighted by Gasteiger charge is 2.08. The number of nitro benzene ring substituents is 1. The molecule has 6 heteroatoms. The summed E-state index contributed by atoms with van der Waals surface area (Å²) in [6.07, 6.45) is -2.01. The van der Waals surface area contributed by atoms with Gasteiger partial charge in [-0.3, -0.25) is 10.1 Å². The van der Waals surface area contributed by atoms with Crippen LogP contribution in [0.5, 0.6) is 0 Å². The Morgan fingerprint density at radius 3 is 2.14 bits per heavy atom. The van der Waals surface area contributed by atoms with Gasteiger partial charge in [-0.05, 0) is 17.7 Å². The quantitative estimate of drug-likeness (QED) is 0.565. The monoisotopic (exact) mass is 219 g/mol. The fourth-order valence-corrected chi connectivity index (χ4v) is 0.965. The summed E-state index contributed by atoms with van der Waals surface area (Å²) in [7, 11) is 0. The van der Waals surface area contributed by atoms with Crippen molar-refractivity contribution in [1.82, 2.24) is 0 Å². The number of halogens is 3. The molecule has 1 rings (SSSR count). The smallest absolute Gasteiger partial charge is 0.258 e. The summed E-state index contributed by atoms with van der Waals surface area (Å²) in [5, 5.41) is 9.53. The van der Waals surface area contributed by atoms with E-state index in [1.54, 1.807) is 0 Å². The zero-order valence-electron chi connectivity index (χ0n) is 6.71. The van der Waals surface area contributed by atoms with Gasteiger partial charge in [-0.25, -0.2) is 0 Å². The number of rotatable bonds is 2. The lowest BCUT2D eigenvalue weighted by atomic mass is 10.2. The van der Waals surface area contributed by atoms with Gasteiger partial charge in [0.2, 0.25) is 0 Å². The van der Waals surface area contributed by atoms with Gasteiger partial charge in [0.15, 0.2) is 0 Å². The third-order valence-corrected chi connectivity index (χ3v) is 1.86. The van der Waals surface area contributed by atoms with Crippen LogP contribution < -0.4 is 0 Å². The second-order valence-electron chi connectivity index (χ2n) is 2.38. The molecule has 0 saturated heterocycles. The first-order chi connectivity index (χ1) is 6.52. The fraction of sp³-hybridized carbons (Fsp3) is 0. The van der Waals surface area contributed by atoms with E-state index in [2.05, 4.69) is 0 Å². The second kappa shape index (κ2) is 4.15. The molecule has 0 N–H and O–H groups in total. The predicted octanol–water partition coefficient (Wildman–Crippen LogP) is 3.40. The van der Waals surface area contributed by atoms with Crippen molar-refractivity contribution in [3.63, 3.8) is 0 Å². The topological polar surface area (TPSA) is 43.1 Å². The molecule has 3 nitrogen and oxygen atoms in total. The molecule has 0 heterocycles. The van der Waals surface area contributed by atoms with Crippen LogP contribution in [0.15, 0.2) is 30.3 Å². The first-order valence-corrected chi connectivity index (χ1v) is 3.86. The van der Waals surface area contributed by atoms with Crippen molar-refractivity contribution in [1.29, 1.82) is 0 Å². The van der Waals surface area contributed by atoms with E-state index < -0.39 is 16.0 Å². The highest BCUT2D eigenvalue weighted by molar-refractivity contribution is 6.48. The number of hydrogen-bond donors (Lipinski definition) is 0. The van der Waals surface area contributed by atoms with E-state index in [-0.39, 0.29) is 11.3 Å². The second-order valence-corrected chi connectivity index (χ2v) is 2.76. The Balaban J connectivity index is 3.06. The molecular formula is C8H4ClF2NO2. The van der Waals surface area contributed by atoms with Crippen LogP contribution >= 0.6 is 11.6 Å². The van der Waals surface area contributed by atoms with Crippen LogP contribution in [-0.4, -0.2) is 4.92 Å². The maximum Gasteiger partial charge on any atom is 0.289 e. The van der Waals surface area contributed by atoms with Crippen LogP contribution in [0.25, 0.3) is 5.03 Å². The molecule has 0 aliphatic rings. The zero-order valence-corrected chi connectivity index (χ0v) is 7.46. The van der Waals surface area contributed by atoms with Crippen molar-refractivity contribution in [3.8, 4) is 0 Å². The van der Waals surface area contributed by atoms with Gasteiger partial charge in [0, 0.05) is 12.1 Å². The first-order valence-electron chi connectivity index (χ1n) is 3.48. The van der Waals surface area contributed by atoms with Gasteiger partial charge in [-0.15, -0.1) is 0 Å². The van der Waals surface area contributed by atoms with Gasteiger partial charge in [-0.2, -0.15) is 8.78 Å². The molecule has 0 aliphatic heterocycles. The lowest BCUT2D eigenvalue weighted by Gasteiger charge is -1.96. The van der Waals surface area contributed by atoms with Gasteiger partial charge in [0.25, 0.3) is 11.8 Å². The molecule has 0 atom stereocenters. The molecule has 0 bridgehead atoms. The van der Waals surface area contributed by atoms with Gasteiger partial charge < -0.3 is 0 Å². The van der Waals surface area contributed by atoms with Crippen LogP contribution in [0.3, 0.4) is 0 Å². The highest BCUT2D eigenvalue weighted by Crippen LogP contribution is 2.26. The third kappa shape index (κ3) is 2.26. The summed E-state index contributed by atoms with van der Waals surface area (Å²) in [4.78, 5) is 9.61. The summed E-state index contributed by atoms with van der Waals surface area (Å²) in [6.45, 7) is 0. The van der Waals surface area contributed by atoms with Crippen molar-refractivity contribution in [2.75, 3.05) is 0 Å². The summed E-state index contributed by atoms with van der Waals surface area (Å²) in [6, 6.07) is 4.56. The Kier molecular flexibility index (Phi) is 3.14. The Morgan fingerprint density at radius 2 is 1.79 bits per heavy atom. The lowest BCUT2D eigenvalue weighted by molar-refractivity contribution is -0.384. The van der Waals surface area contributed by atoms with Gasteiger partial charge in [0.1, 0.15) is 5.03 Å². The van der Waals surface area contributed by atoms with E-state index in [0.717, 1.165) is 12.1 Å². The molecule has 0 fully saturated rings. The molecule has 0 radical (unpaired) electrons. The highest BCUT2D eigenvalue weighted by atomic mass is 35.5. The molecule has 0 amide bonds. The molecule has 0 aliphatic carbocycles. The van der Waals surface area contributed by atoms with Crippen molar-refractivity contribution in [2.24, 2.45) is 0 Å². The van der Waals surface area contributed by atoms with Crippen molar-refractivity contribution in [3.05, 3.63) is 46.0 Å². The number of nitrogens with zero attached hydrogens (tertiary/aromatic N) is 1. The minimum Gasteiger partial charge on any atom is -0.258 e. The molecule has 1 aromatic rings. The largest absolute Gasteiger partial charge is 0.289 e. The van der Waals surface area contributed by atoms with E-state index in [0.29, 0.717) is 0 Å². The normalized spacial score (nSPS) is 9.64. The molecule has 0 saturated carbocycles. The summed E-state index contributed by atoms with van der Waals surface area (Å²) < 4.78 is 24.0. The maximum atomic E-state index is 12.0. The average molecular weight is 220 g/mol. The van der Waals surface area contributed by atoms with Crippen molar-refractivity contribution < 1.29 is 13.7 Å². The predicted molar refractivity (Wildman–Crippen MR) is 48.1 cm³/mol. The summed E-state index contributed by atoms with van der Waals surface area (Å²) in [5.41, 5.74) is -0.116. The van der Waals surface area contributed by atoms with Crippen LogP contribution in [0, 0.1) is 10.1 Å². The van der Waals surface area contributed by atoms with Crippen molar-refractivity contribution >= 4 is 22.3 Å². The molecule has 0 spiro atoms. The van der Waals surface area contributed by atoms with Gasteiger partial charge in [0.05, 0.1) is 4.92 Å². The third-order valence-electron chi connectivity index (χ3n) is 1.50. The molecule has 0 unspecified atom stereocenters. The van der Waals surface area contributed by atoms with Gasteiger partial charge in [-0.1, -0.05) is 11.6 Å². The number of non-ortho nitro benzene ring substituents is 1. The first kappa shape index (κ1) is 10.6. The van der Waals surface area contributed by atoms with E-state index in [9.17, 15) is 18.9 Å². The Morgan fingerprint density at radius 1 is 1.29 bits per heavy atom. The lowest BCUT2D eigenvalue weighted by Crippen LogP contribution is -1.87. The SMILES string of the molecule is O=[N+]([O-])c1ccc(C(Cl)=C(F)F)cc1. The van der Waals surface area contributed by atoms with Crippen LogP contribution in [0.2, 0.25) is 0 Å². The number of benzene rings is 1. The average Bonchev–Trinajstić information content (AvgIpc) is 2.16. The molecule has 74 valence electrons. The minimum absolute atomic E-state index is 0.0530. The maximum absolute atomic E-state index is 12.0. The Labute approximate surface area is 82.8 Å². The zero-order chi connectivity index (χ0) is 10.7. The summed E-state index contributed by atoms with van der Waals surface area (Å²) in [5.74, 6) is 0.